The first kappa shape index (κ1) is 9.84. The van der Waals surface area contributed by atoms with Crippen molar-refractivity contribution in [3.05, 3.63) is 48.2 Å². The van der Waals surface area contributed by atoms with E-state index in [4.69, 9.17) is 0 Å². The summed E-state index contributed by atoms with van der Waals surface area (Å²) in [5.41, 5.74) is 4.02. The summed E-state index contributed by atoms with van der Waals surface area (Å²) in [6.45, 7) is 2.06. The van der Waals surface area contributed by atoms with Crippen LogP contribution < -0.4 is 5.32 Å². The van der Waals surface area contributed by atoms with Gasteiger partial charge in [0.1, 0.15) is 5.52 Å². The third-order valence-electron chi connectivity index (χ3n) is 2.60. The van der Waals surface area contributed by atoms with Crippen LogP contribution in [0.5, 0.6) is 0 Å². The van der Waals surface area contributed by atoms with Gasteiger partial charge < -0.3 is 5.32 Å². The second kappa shape index (κ2) is 3.90. The number of benzene rings is 1. The number of H-pyrrole nitrogens is 1. The molecule has 4 nitrogen and oxygen atoms in total. The van der Waals surface area contributed by atoms with Crippen molar-refractivity contribution >= 4 is 22.5 Å². The Morgan fingerprint density at radius 3 is 3.00 bits per heavy atom. The van der Waals surface area contributed by atoms with Crippen molar-refractivity contribution in [3.8, 4) is 0 Å². The van der Waals surface area contributed by atoms with Crippen LogP contribution in [0.4, 0.5) is 11.5 Å². The highest BCUT2D eigenvalue weighted by Gasteiger charge is 2.05. The molecule has 84 valence electrons. The van der Waals surface area contributed by atoms with Gasteiger partial charge in [0.2, 0.25) is 0 Å². The van der Waals surface area contributed by atoms with E-state index in [1.807, 2.05) is 24.3 Å². The van der Waals surface area contributed by atoms with Crippen LogP contribution in [0, 0.1) is 6.92 Å². The minimum atomic E-state index is 0.756. The van der Waals surface area contributed by atoms with Gasteiger partial charge in [0, 0.05) is 11.9 Å². The molecule has 4 heteroatoms. The van der Waals surface area contributed by atoms with E-state index in [-0.39, 0.29) is 0 Å². The molecule has 0 spiro atoms. The fourth-order valence-electron chi connectivity index (χ4n) is 1.80. The molecular weight excluding hydrogens is 212 g/mol. The molecular formula is C13H12N4. The highest BCUT2D eigenvalue weighted by molar-refractivity contribution is 5.87. The van der Waals surface area contributed by atoms with Crippen molar-refractivity contribution in [1.29, 1.82) is 0 Å². The van der Waals surface area contributed by atoms with Crippen molar-refractivity contribution in [2.45, 2.75) is 6.92 Å². The zero-order valence-electron chi connectivity index (χ0n) is 9.44. The summed E-state index contributed by atoms with van der Waals surface area (Å²) in [6.07, 6.45) is 1.76. The molecule has 17 heavy (non-hydrogen) atoms. The van der Waals surface area contributed by atoms with E-state index in [0.29, 0.717) is 0 Å². The monoisotopic (exact) mass is 224 g/mol. The maximum atomic E-state index is 4.30. The Balaban J connectivity index is 2.00. The molecule has 0 atom stereocenters. The minimum absolute atomic E-state index is 0.756. The molecule has 0 fully saturated rings. The Labute approximate surface area is 98.7 Å². The third kappa shape index (κ3) is 1.85. The van der Waals surface area contributed by atoms with Gasteiger partial charge in [-0.2, -0.15) is 5.10 Å². The molecule has 2 heterocycles. The van der Waals surface area contributed by atoms with Crippen LogP contribution in [0.1, 0.15) is 5.56 Å². The zero-order valence-corrected chi connectivity index (χ0v) is 9.44. The van der Waals surface area contributed by atoms with Gasteiger partial charge in [-0.05, 0) is 36.8 Å². The van der Waals surface area contributed by atoms with Crippen LogP contribution in [0.25, 0.3) is 11.0 Å². The van der Waals surface area contributed by atoms with Gasteiger partial charge in [0.25, 0.3) is 0 Å². The number of hydrogen-bond donors (Lipinski definition) is 2. The number of aromatic amines is 1. The highest BCUT2D eigenvalue weighted by Crippen LogP contribution is 2.21. The van der Waals surface area contributed by atoms with E-state index in [1.165, 1.54) is 5.56 Å². The number of rotatable bonds is 2. The number of hydrogen-bond acceptors (Lipinski definition) is 3. The maximum Gasteiger partial charge on any atom is 0.178 e. The van der Waals surface area contributed by atoms with Gasteiger partial charge in [0.05, 0.1) is 5.52 Å². The molecule has 0 radical (unpaired) electrons. The Kier molecular flexibility index (Phi) is 2.26. The number of nitrogens with zero attached hydrogens (tertiary/aromatic N) is 2. The Morgan fingerprint density at radius 1 is 1.18 bits per heavy atom. The number of anilines is 2. The van der Waals surface area contributed by atoms with Gasteiger partial charge in [-0.15, -0.1) is 0 Å². The Bertz CT molecular complexity index is 657. The summed E-state index contributed by atoms with van der Waals surface area (Å²) in [5.74, 6) is 0.756. The number of aryl methyl sites for hydroxylation is 1. The van der Waals surface area contributed by atoms with Crippen LogP contribution >= 0.6 is 0 Å². The molecule has 3 aromatic rings. The third-order valence-corrected chi connectivity index (χ3v) is 2.60. The molecule has 0 unspecified atom stereocenters. The lowest BCUT2D eigenvalue weighted by Crippen LogP contribution is -1.92. The van der Waals surface area contributed by atoms with Crippen LogP contribution in [-0.4, -0.2) is 15.2 Å². The van der Waals surface area contributed by atoms with Crippen molar-refractivity contribution in [2.24, 2.45) is 0 Å². The van der Waals surface area contributed by atoms with Crippen LogP contribution in [-0.2, 0) is 0 Å². The van der Waals surface area contributed by atoms with E-state index in [1.54, 1.807) is 6.20 Å². The van der Waals surface area contributed by atoms with Crippen LogP contribution in [0.3, 0.4) is 0 Å². The summed E-state index contributed by atoms with van der Waals surface area (Å²) in [4.78, 5) is 4.30. The molecule has 3 rings (SSSR count). The molecule has 2 aromatic heterocycles. The second-order valence-electron chi connectivity index (χ2n) is 3.97. The number of fused-ring (bicyclic) bond motifs is 1. The first-order valence-electron chi connectivity index (χ1n) is 5.46. The fraction of sp³-hybridized carbons (Fsp3) is 0.0769. The minimum Gasteiger partial charge on any atom is -0.337 e. The summed E-state index contributed by atoms with van der Waals surface area (Å²) in [5, 5.41) is 10.4. The van der Waals surface area contributed by atoms with E-state index in [0.717, 1.165) is 22.5 Å². The molecule has 0 aliphatic heterocycles. The standard InChI is InChI=1S/C13H12N4/c1-9-4-2-5-10(8-9)15-13-12-11(16-17-13)6-3-7-14-12/h2-8H,1H3,(H2,15,16,17). The van der Waals surface area contributed by atoms with Gasteiger partial charge >= 0.3 is 0 Å². The topological polar surface area (TPSA) is 53.6 Å². The van der Waals surface area contributed by atoms with E-state index in [9.17, 15) is 0 Å². The molecule has 0 saturated carbocycles. The van der Waals surface area contributed by atoms with Crippen molar-refractivity contribution in [1.82, 2.24) is 15.2 Å². The molecule has 1 aromatic carbocycles. The normalized spacial score (nSPS) is 10.6. The van der Waals surface area contributed by atoms with E-state index in [2.05, 4.69) is 39.6 Å². The molecule has 2 N–H and O–H groups in total. The average molecular weight is 224 g/mol. The lowest BCUT2D eigenvalue weighted by molar-refractivity contribution is 1.12. The maximum absolute atomic E-state index is 4.30. The van der Waals surface area contributed by atoms with E-state index < -0.39 is 0 Å². The fourth-order valence-corrected chi connectivity index (χ4v) is 1.80. The van der Waals surface area contributed by atoms with Crippen LogP contribution in [0.2, 0.25) is 0 Å². The molecule has 0 aliphatic rings. The number of pyridine rings is 1. The van der Waals surface area contributed by atoms with Crippen LogP contribution in [0.15, 0.2) is 42.6 Å². The van der Waals surface area contributed by atoms with Crippen molar-refractivity contribution in [2.75, 3.05) is 5.32 Å². The molecule has 0 aliphatic carbocycles. The lowest BCUT2D eigenvalue weighted by Gasteiger charge is -2.03. The van der Waals surface area contributed by atoms with Gasteiger partial charge in [-0.1, -0.05) is 12.1 Å². The molecule has 0 bridgehead atoms. The van der Waals surface area contributed by atoms with Crippen molar-refractivity contribution in [3.63, 3.8) is 0 Å². The summed E-state index contributed by atoms with van der Waals surface area (Å²) >= 11 is 0. The van der Waals surface area contributed by atoms with Crippen molar-refractivity contribution < 1.29 is 0 Å². The zero-order chi connectivity index (χ0) is 11.7. The Morgan fingerprint density at radius 2 is 2.12 bits per heavy atom. The largest absolute Gasteiger partial charge is 0.337 e. The summed E-state index contributed by atoms with van der Waals surface area (Å²) in [7, 11) is 0. The van der Waals surface area contributed by atoms with Gasteiger partial charge in [-0.3, -0.25) is 10.1 Å². The second-order valence-corrected chi connectivity index (χ2v) is 3.97. The predicted molar refractivity (Wildman–Crippen MR) is 68.4 cm³/mol. The number of aromatic nitrogens is 3. The molecule has 0 saturated heterocycles. The summed E-state index contributed by atoms with van der Waals surface area (Å²) < 4.78 is 0. The number of nitrogens with one attached hydrogen (secondary N) is 2. The van der Waals surface area contributed by atoms with Gasteiger partial charge in [0.15, 0.2) is 5.82 Å². The summed E-state index contributed by atoms with van der Waals surface area (Å²) in [6, 6.07) is 12.0. The average Bonchev–Trinajstić information content (AvgIpc) is 2.73. The Hall–Kier alpha value is -2.36. The van der Waals surface area contributed by atoms with Gasteiger partial charge in [-0.25, -0.2) is 0 Å². The van der Waals surface area contributed by atoms with E-state index >= 15 is 0 Å². The highest BCUT2D eigenvalue weighted by atomic mass is 15.2. The lowest BCUT2D eigenvalue weighted by atomic mass is 10.2. The molecule has 0 amide bonds. The first-order valence-corrected chi connectivity index (χ1v) is 5.46. The SMILES string of the molecule is Cc1cccc(Nc2n[nH]c3cccnc23)c1. The quantitative estimate of drug-likeness (QED) is 0.703. The first-order chi connectivity index (χ1) is 8.33. The smallest absolute Gasteiger partial charge is 0.178 e. The predicted octanol–water partition coefficient (Wildman–Crippen LogP) is 3.01.